The molecule has 0 radical (unpaired) electrons. The van der Waals surface area contributed by atoms with E-state index in [1.807, 2.05) is 12.1 Å². The molecule has 1 aromatic heterocycles. The van der Waals surface area contributed by atoms with Gasteiger partial charge in [0.25, 0.3) is 0 Å². The van der Waals surface area contributed by atoms with Crippen LogP contribution < -0.4 is 0 Å². The Morgan fingerprint density at radius 2 is 1.81 bits per heavy atom. The third-order valence-electron chi connectivity index (χ3n) is 4.44. The fourth-order valence-corrected chi connectivity index (χ4v) is 3.01. The second-order valence-electron chi connectivity index (χ2n) is 5.85. The summed E-state index contributed by atoms with van der Waals surface area (Å²) >= 11 is 0. The van der Waals surface area contributed by atoms with Gasteiger partial charge < -0.3 is 10.0 Å². The molecule has 3 nitrogen and oxygen atoms in total. The summed E-state index contributed by atoms with van der Waals surface area (Å²) in [5.41, 5.74) is 1.63. The van der Waals surface area contributed by atoms with Crippen LogP contribution in [0, 0.1) is 0 Å². The van der Waals surface area contributed by atoms with Crippen molar-refractivity contribution >= 4 is 0 Å². The molecule has 2 heterocycles. The summed E-state index contributed by atoms with van der Waals surface area (Å²) in [6.07, 6.45) is 6.19. The molecule has 0 unspecified atom stereocenters. The van der Waals surface area contributed by atoms with Gasteiger partial charge in [-0.25, -0.2) is 0 Å². The highest BCUT2D eigenvalue weighted by Crippen LogP contribution is 2.32. The van der Waals surface area contributed by atoms with E-state index >= 15 is 0 Å². The lowest BCUT2D eigenvalue weighted by Gasteiger charge is -2.38. The van der Waals surface area contributed by atoms with Gasteiger partial charge in [0.05, 0.1) is 5.60 Å². The first-order valence-electron chi connectivity index (χ1n) is 7.65. The van der Waals surface area contributed by atoms with Crippen LogP contribution in [0.15, 0.2) is 54.9 Å². The summed E-state index contributed by atoms with van der Waals surface area (Å²) in [5, 5.41) is 10.8. The monoisotopic (exact) mass is 282 g/mol. The molecule has 1 aromatic carbocycles. The van der Waals surface area contributed by atoms with E-state index in [2.05, 4.69) is 40.2 Å². The van der Waals surface area contributed by atoms with E-state index in [1.165, 1.54) is 5.56 Å². The van der Waals surface area contributed by atoms with E-state index in [4.69, 9.17) is 0 Å². The van der Waals surface area contributed by atoms with E-state index in [0.717, 1.165) is 44.5 Å². The van der Waals surface area contributed by atoms with Gasteiger partial charge in [-0.1, -0.05) is 36.4 Å². The predicted octanol–water partition coefficient (Wildman–Crippen LogP) is 2.61. The number of aliphatic hydroxyl groups is 1. The fraction of sp³-hybridized carbons (Fsp3) is 0.389. The van der Waals surface area contributed by atoms with Gasteiger partial charge in [-0.3, -0.25) is 4.98 Å². The van der Waals surface area contributed by atoms with Gasteiger partial charge in [0, 0.05) is 37.6 Å². The molecule has 0 bridgehead atoms. The number of pyridine rings is 1. The van der Waals surface area contributed by atoms with Crippen molar-refractivity contribution in [2.75, 3.05) is 19.6 Å². The van der Waals surface area contributed by atoms with Crippen LogP contribution in [0.5, 0.6) is 0 Å². The Morgan fingerprint density at radius 1 is 1.05 bits per heavy atom. The summed E-state index contributed by atoms with van der Waals surface area (Å²) in [4.78, 5) is 6.57. The minimum Gasteiger partial charge on any atom is -0.385 e. The van der Waals surface area contributed by atoms with Crippen LogP contribution in [-0.4, -0.2) is 34.6 Å². The standard InChI is InChI=1S/C18H22N2O/c21-18(17-7-4-11-19-15-17)9-13-20(14-10-18)12-8-16-5-2-1-3-6-16/h1-7,11,15,21H,8-10,12-14H2. The van der Waals surface area contributed by atoms with E-state index < -0.39 is 5.60 Å². The Labute approximate surface area is 126 Å². The van der Waals surface area contributed by atoms with Crippen LogP contribution in [-0.2, 0) is 12.0 Å². The van der Waals surface area contributed by atoms with E-state index in [-0.39, 0.29) is 0 Å². The van der Waals surface area contributed by atoms with Gasteiger partial charge in [0.2, 0.25) is 0 Å². The van der Waals surface area contributed by atoms with Crippen LogP contribution in [0.4, 0.5) is 0 Å². The summed E-state index contributed by atoms with van der Waals surface area (Å²) < 4.78 is 0. The van der Waals surface area contributed by atoms with Crippen molar-refractivity contribution in [3.63, 3.8) is 0 Å². The minimum atomic E-state index is -0.697. The highest BCUT2D eigenvalue weighted by atomic mass is 16.3. The maximum Gasteiger partial charge on any atom is 0.0935 e. The van der Waals surface area contributed by atoms with Crippen LogP contribution in [0.3, 0.4) is 0 Å². The maximum absolute atomic E-state index is 10.8. The quantitative estimate of drug-likeness (QED) is 0.936. The summed E-state index contributed by atoms with van der Waals surface area (Å²) in [7, 11) is 0. The third-order valence-corrected chi connectivity index (χ3v) is 4.44. The molecule has 1 aliphatic heterocycles. The van der Waals surface area contributed by atoms with Crippen LogP contribution in [0.1, 0.15) is 24.0 Å². The number of hydrogen-bond donors (Lipinski definition) is 1. The van der Waals surface area contributed by atoms with Gasteiger partial charge >= 0.3 is 0 Å². The molecule has 3 heteroatoms. The molecule has 1 saturated heterocycles. The lowest BCUT2D eigenvalue weighted by atomic mass is 9.85. The second-order valence-corrected chi connectivity index (χ2v) is 5.85. The van der Waals surface area contributed by atoms with Crippen LogP contribution in [0.25, 0.3) is 0 Å². The zero-order valence-corrected chi connectivity index (χ0v) is 12.3. The smallest absolute Gasteiger partial charge is 0.0935 e. The Morgan fingerprint density at radius 3 is 2.48 bits per heavy atom. The summed E-state index contributed by atoms with van der Waals surface area (Å²) in [6, 6.07) is 14.5. The largest absolute Gasteiger partial charge is 0.385 e. The zero-order chi connectivity index (χ0) is 14.5. The molecule has 110 valence electrons. The SMILES string of the molecule is OC1(c2cccnc2)CCN(CCc2ccccc2)CC1. The number of nitrogens with zero attached hydrogens (tertiary/aromatic N) is 2. The first-order valence-corrected chi connectivity index (χ1v) is 7.65. The predicted molar refractivity (Wildman–Crippen MR) is 84.0 cm³/mol. The average Bonchev–Trinajstić information content (AvgIpc) is 2.56. The lowest BCUT2D eigenvalue weighted by molar-refractivity contribution is -0.0258. The van der Waals surface area contributed by atoms with Crippen molar-refractivity contribution in [2.45, 2.75) is 24.9 Å². The van der Waals surface area contributed by atoms with Crippen LogP contribution in [0.2, 0.25) is 0 Å². The zero-order valence-electron chi connectivity index (χ0n) is 12.3. The molecular weight excluding hydrogens is 260 g/mol. The topological polar surface area (TPSA) is 36.4 Å². The number of benzene rings is 1. The number of aromatic nitrogens is 1. The molecule has 0 spiro atoms. The number of piperidine rings is 1. The molecule has 0 aliphatic carbocycles. The molecule has 0 atom stereocenters. The Kier molecular flexibility index (Phi) is 4.32. The van der Waals surface area contributed by atoms with Gasteiger partial charge in [0.15, 0.2) is 0 Å². The molecule has 1 aliphatic rings. The number of hydrogen-bond acceptors (Lipinski definition) is 3. The Balaban J connectivity index is 1.53. The van der Waals surface area contributed by atoms with Gasteiger partial charge in [-0.05, 0) is 30.9 Å². The third kappa shape index (κ3) is 3.49. The first kappa shape index (κ1) is 14.2. The van der Waals surface area contributed by atoms with E-state index in [9.17, 15) is 5.11 Å². The van der Waals surface area contributed by atoms with Crippen molar-refractivity contribution in [3.05, 3.63) is 66.0 Å². The van der Waals surface area contributed by atoms with Crippen molar-refractivity contribution in [1.82, 2.24) is 9.88 Å². The van der Waals surface area contributed by atoms with Crippen LogP contribution >= 0.6 is 0 Å². The van der Waals surface area contributed by atoms with Crippen molar-refractivity contribution in [1.29, 1.82) is 0 Å². The molecule has 2 aromatic rings. The second kappa shape index (κ2) is 6.37. The van der Waals surface area contributed by atoms with E-state index in [0.29, 0.717) is 0 Å². The van der Waals surface area contributed by atoms with Gasteiger partial charge in [-0.15, -0.1) is 0 Å². The fourth-order valence-electron chi connectivity index (χ4n) is 3.01. The highest BCUT2D eigenvalue weighted by molar-refractivity contribution is 5.19. The van der Waals surface area contributed by atoms with E-state index in [1.54, 1.807) is 12.4 Å². The van der Waals surface area contributed by atoms with Gasteiger partial charge in [0.1, 0.15) is 0 Å². The lowest BCUT2D eigenvalue weighted by Crippen LogP contribution is -2.43. The molecule has 0 amide bonds. The maximum atomic E-state index is 10.8. The number of likely N-dealkylation sites (tertiary alicyclic amines) is 1. The molecule has 0 saturated carbocycles. The van der Waals surface area contributed by atoms with Crippen molar-refractivity contribution in [2.24, 2.45) is 0 Å². The molecule has 1 N–H and O–H groups in total. The van der Waals surface area contributed by atoms with Crippen molar-refractivity contribution < 1.29 is 5.11 Å². The summed E-state index contributed by atoms with van der Waals surface area (Å²) in [6.45, 7) is 2.95. The molecule has 3 rings (SSSR count). The van der Waals surface area contributed by atoms with Gasteiger partial charge in [-0.2, -0.15) is 0 Å². The first-order chi connectivity index (χ1) is 10.3. The van der Waals surface area contributed by atoms with Crippen molar-refractivity contribution in [3.8, 4) is 0 Å². The average molecular weight is 282 g/mol. The Hall–Kier alpha value is -1.71. The molecule has 21 heavy (non-hydrogen) atoms. The number of rotatable bonds is 4. The minimum absolute atomic E-state index is 0.697. The normalized spacial score (nSPS) is 18.5. The highest BCUT2D eigenvalue weighted by Gasteiger charge is 2.33. The molecule has 1 fully saturated rings. The Bertz CT molecular complexity index is 548. The molecular formula is C18H22N2O. The summed E-state index contributed by atoms with van der Waals surface area (Å²) in [5.74, 6) is 0.